The summed E-state index contributed by atoms with van der Waals surface area (Å²) in [7, 11) is 1.57. The molecule has 0 spiro atoms. The van der Waals surface area contributed by atoms with E-state index in [4.69, 9.17) is 15.2 Å². The van der Waals surface area contributed by atoms with Crippen molar-refractivity contribution < 1.29 is 14.3 Å². The molecular formula is C17H19NO3. The van der Waals surface area contributed by atoms with Crippen molar-refractivity contribution in [1.82, 2.24) is 0 Å². The van der Waals surface area contributed by atoms with Crippen molar-refractivity contribution in [2.24, 2.45) is 0 Å². The summed E-state index contributed by atoms with van der Waals surface area (Å²) in [4.78, 5) is 12.1. The number of ether oxygens (including phenoxy) is 2. The molecular weight excluding hydrogens is 266 g/mol. The molecule has 0 bridgehead atoms. The summed E-state index contributed by atoms with van der Waals surface area (Å²) in [5, 5.41) is 0. The number of rotatable bonds is 6. The molecule has 0 aromatic heterocycles. The van der Waals surface area contributed by atoms with Crippen molar-refractivity contribution in [3.63, 3.8) is 0 Å². The lowest BCUT2D eigenvalue weighted by Crippen LogP contribution is -2.12. The molecule has 110 valence electrons. The molecule has 0 saturated heterocycles. The Labute approximate surface area is 124 Å². The third-order valence-corrected chi connectivity index (χ3v) is 3.11. The van der Waals surface area contributed by atoms with Gasteiger partial charge in [-0.15, -0.1) is 0 Å². The smallest absolute Gasteiger partial charge is 0.338 e. The Morgan fingerprint density at radius 2 is 1.86 bits per heavy atom. The number of esters is 1. The predicted molar refractivity (Wildman–Crippen MR) is 82.3 cm³/mol. The van der Waals surface area contributed by atoms with Crippen LogP contribution in [0.2, 0.25) is 0 Å². The van der Waals surface area contributed by atoms with E-state index in [9.17, 15) is 4.79 Å². The van der Waals surface area contributed by atoms with E-state index in [1.165, 1.54) is 0 Å². The van der Waals surface area contributed by atoms with Gasteiger partial charge in [0.2, 0.25) is 0 Å². The number of carbonyl (C=O) groups is 1. The third-order valence-electron chi connectivity index (χ3n) is 3.11. The van der Waals surface area contributed by atoms with E-state index >= 15 is 0 Å². The zero-order chi connectivity index (χ0) is 15.1. The second kappa shape index (κ2) is 7.45. The maximum absolute atomic E-state index is 12.1. The fourth-order valence-corrected chi connectivity index (χ4v) is 2.07. The van der Waals surface area contributed by atoms with Crippen LogP contribution >= 0.6 is 0 Å². The van der Waals surface area contributed by atoms with Crippen molar-refractivity contribution in [1.29, 1.82) is 0 Å². The summed E-state index contributed by atoms with van der Waals surface area (Å²) in [5.41, 5.74) is 8.99. The van der Waals surface area contributed by atoms with Crippen molar-refractivity contribution in [2.45, 2.75) is 6.42 Å². The Morgan fingerprint density at radius 1 is 1.10 bits per heavy atom. The van der Waals surface area contributed by atoms with Gasteiger partial charge in [0.15, 0.2) is 0 Å². The van der Waals surface area contributed by atoms with Gasteiger partial charge in [0.1, 0.15) is 6.61 Å². The molecule has 4 nitrogen and oxygen atoms in total. The second-order valence-electron chi connectivity index (χ2n) is 4.71. The van der Waals surface area contributed by atoms with Crippen LogP contribution in [0, 0.1) is 0 Å². The monoisotopic (exact) mass is 285 g/mol. The first-order chi connectivity index (χ1) is 10.2. The number of nitrogen functional groups attached to an aromatic ring is 1. The SMILES string of the molecule is COCCOC(=O)c1ccc(N)cc1Cc1ccccc1. The van der Waals surface area contributed by atoms with E-state index in [-0.39, 0.29) is 12.6 Å². The molecule has 0 radical (unpaired) electrons. The average molecular weight is 285 g/mol. The van der Waals surface area contributed by atoms with Crippen LogP contribution in [0.25, 0.3) is 0 Å². The van der Waals surface area contributed by atoms with Crippen LogP contribution in [0.1, 0.15) is 21.5 Å². The molecule has 0 heterocycles. The van der Waals surface area contributed by atoms with Crippen molar-refractivity contribution >= 4 is 11.7 Å². The van der Waals surface area contributed by atoms with Gasteiger partial charge in [-0.1, -0.05) is 30.3 Å². The van der Waals surface area contributed by atoms with E-state index in [1.807, 2.05) is 36.4 Å². The summed E-state index contributed by atoms with van der Waals surface area (Å²) < 4.78 is 10.1. The highest BCUT2D eigenvalue weighted by molar-refractivity contribution is 5.91. The Balaban J connectivity index is 2.19. The standard InChI is InChI=1S/C17H19NO3/c1-20-9-10-21-17(19)16-8-7-15(18)12-14(16)11-13-5-3-2-4-6-13/h2-8,12H,9-11,18H2,1H3. The van der Waals surface area contributed by atoms with E-state index in [2.05, 4.69) is 0 Å². The summed E-state index contributed by atoms with van der Waals surface area (Å²) in [6.07, 6.45) is 0.639. The van der Waals surface area contributed by atoms with Crippen molar-refractivity contribution in [3.8, 4) is 0 Å². The molecule has 2 N–H and O–H groups in total. The molecule has 21 heavy (non-hydrogen) atoms. The summed E-state index contributed by atoms with van der Waals surface area (Å²) in [6.45, 7) is 0.624. The lowest BCUT2D eigenvalue weighted by Gasteiger charge is -2.10. The molecule has 0 atom stereocenters. The van der Waals surface area contributed by atoms with Gasteiger partial charge >= 0.3 is 5.97 Å². The molecule has 0 saturated carbocycles. The van der Waals surface area contributed by atoms with Gasteiger partial charge in [-0.05, 0) is 35.7 Å². The van der Waals surface area contributed by atoms with Crippen LogP contribution in [-0.2, 0) is 15.9 Å². The zero-order valence-corrected chi connectivity index (χ0v) is 12.0. The molecule has 4 heteroatoms. The summed E-state index contributed by atoms with van der Waals surface area (Å²) >= 11 is 0. The van der Waals surface area contributed by atoms with Crippen LogP contribution < -0.4 is 5.73 Å². The van der Waals surface area contributed by atoms with Crippen LogP contribution in [0.3, 0.4) is 0 Å². The Bertz CT molecular complexity index is 596. The summed E-state index contributed by atoms with van der Waals surface area (Å²) in [5.74, 6) is -0.349. The van der Waals surface area contributed by atoms with E-state index in [0.717, 1.165) is 11.1 Å². The first-order valence-corrected chi connectivity index (χ1v) is 6.79. The van der Waals surface area contributed by atoms with E-state index < -0.39 is 0 Å². The van der Waals surface area contributed by atoms with Gasteiger partial charge in [-0.25, -0.2) is 4.79 Å². The second-order valence-corrected chi connectivity index (χ2v) is 4.71. The molecule has 2 aromatic carbocycles. The van der Waals surface area contributed by atoms with Crippen LogP contribution in [-0.4, -0.2) is 26.3 Å². The summed E-state index contributed by atoms with van der Waals surface area (Å²) in [6, 6.07) is 15.2. The average Bonchev–Trinajstić information content (AvgIpc) is 2.48. The van der Waals surface area contributed by atoms with E-state index in [1.54, 1.807) is 19.2 Å². The number of hydrogen-bond acceptors (Lipinski definition) is 4. The molecule has 2 aromatic rings. The topological polar surface area (TPSA) is 61.5 Å². The van der Waals surface area contributed by atoms with Gasteiger partial charge < -0.3 is 15.2 Å². The highest BCUT2D eigenvalue weighted by Crippen LogP contribution is 2.19. The maximum Gasteiger partial charge on any atom is 0.338 e. The molecule has 0 aliphatic rings. The zero-order valence-electron chi connectivity index (χ0n) is 12.0. The number of benzene rings is 2. The van der Waals surface area contributed by atoms with Gasteiger partial charge in [0, 0.05) is 12.8 Å². The van der Waals surface area contributed by atoms with Crippen LogP contribution in [0.15, 0.2) is 48.5 Å². The van der Waals surface area contributed by atoms with Gasteiger partial charge in [0.25, 0.3) is 0 Å². The first-order valence-electron chi connectivity index (χ1n) is 6.79. The number of nitrogens with two attached hydrogens (primary N) is 1. The molecule has 0 amide bonds. The van der Waals surface area contributed by atoms with Crippen molar-refractivity contribution in [2.75, 3.05) is 26.1 Å². The fourth-order valence-electron chi connectivity index (χ4n) is 2.07. The minimum absolute atomic E-state index is 0.241. The molecule has 0 aliphatic heterocycles. The molecule has 0 unspecified atom stereocenters. The first kappa shape index (κ1) is 15.1. The van der Waals surface area contributed by atoms with Gasteiger partial charge in [0.05, 0.1) is 12.2 Å². The van der Waals surface area contributed by atoms with Crippen molar-refractivity contribution in [3.05, 3.63) is 65.2 Å². The number of anilines is 1. The minimum atomic E-state index is -0.349. The predicted octanol–water partition coefficient (Wildman–Crippen LogP) is 2.66. The normalized spacial score (nSPS) is 10.3. The molecule has 0 aliphatic carbocycles. The third kappa shape index (κ3) is 4.33. The quantitative estimate of drug-likeness (QED) is 0.503. The Morgan fingerprint density at radius 3 is 2.57 bits per heavy atom. The van der Waals surface area contributed by atoms with Crippen LogP contribution in [0.4, 0.5) is 5.69 Å². The number of carbonyl (C=O) groups excluding carboxylic acids is 1. The van der Waals surface area contributed by atoms with Gasteiger partial charge in [-0.2, -0.15) is 0 Å². The number of methoxy groups -OCH3 is 1. The Hall–Kier alpha value is -2.33. The highest BCUT2D eigenvalue weighted by atomic mass is 16.6. The lowest BCUT2D eigenvalue weighted by atomic mass is 9.99. The molecule has 2 rings (SSSR count). The Kier molecular flexibility index (Phi) is 5.35. The highest BCUT2D eigenvalue weighted by Gasteiger charge is 2.13. The largest absolute Gasteiger partial charge is 0.460 e. The van der Waals surface area contributed by atoms with Crippen LogP contribution in [0.5, 0.6) is 0 Å². The van der Waals surface area contributed by atoms with Gasteiger partial charge in [-0.3, -0.25) is 0 Å². The number of hydrogen-bond donors (Lipinski definition) is 1. The fraction of sp³-hybridized carbons (Fsp3) is 0.235. The maximum atomic E-state index is 12.1. The minimum Gasteiger partial charge on any atom is -0.460 e. The van der Waals surface area contributed by atoms with E-state index in [0.29, 0.717) is 24.3 Å². The molecule has 0 fully saturated rings. The lowest BCUT2D eigenvalue weighted by molar-refractivity contribution is 0.0387.